The summed E-state index contributed by atoms with van der Waals surface area (Å²) in [7, 11) is -7.01. The minimum Gasteiger partial charge on any atom is -0.490 e. The standard InChI is InChI=1S/C20H22N2O7S2/c23-20(14-8-11-30(24,25)13-14)21-15-2-4-16(5-3-15)22-31(26,27)17-6-7-18-19(12-17)29-10-1-9-28-18/h2-7,12,14,22H,1,8-11,13H2,(H,21,23)/t14-/m0/s1. The fourth-order valence-corrected chi connectivity index (χ4v) is 6.21. The van der Waals surface area contributed by atoms with Gasteiger partial charge in [0.25, 0.3) is 10.0 Å². The summed E-state index contributed by atoms with van der Waals surface area (Å²) in [6, 6.07) is 10.6. The highest BCUT2D eigenvalue weighted by molar-refractivity contribution is 7.92. The van der Waals surface area contributed by atoms with Crippen molar-refractivity contribution in [3.8, 4) is 11.5 Å². The predicted molar refractivity (Wildman–Crippen MR) is 115 cm³/mol. The lowest BCUT2D eigenvalue weighted by Crippen LogP contribution is -2.23. The van der Waals surface area contributed by atoms with Crippen LogP contribution in [0.2, 0.25) is 0 Å². The number of carbonyl (C=O) groups is 1. The molecule has 1 atom stereocenters. The van der Waals surface area contributed by atoms with Gasteiger partial charge in [-0.1, -0.05) is 0 Å². The summed E-state index contributed by atoms with van der Waals surface area (Å²) >= 11 is 0. The molecule has 0 aromatic heterocycles. The lowest BCUT2D eigenvalue weighted by molar-refractivity contribution is -0.119. The summed E-state index contributed by atoms with van der Waals surface area (Å²) < 4.78 is 62.1. The van der Waals surface area contributed by atoms with Crippen LogP contribution in [-0.4, -0.2) is 47.5 Å². The van der Waals surface area contributed by atoms with Crippen molar-refractivity contribution >= 4 is 37.1 Å². The van der Waals surface area contributed by atoms with E-state index in [1.165, 1.54) is 24.3 Å². The van der Waals surface area contributed by atoms with Crippen molar-refractivity contribution in [3.63, 3.8) is 0 Å². The molecule has 0 aliphatic carbocycles. The lowest BCUT2D eigenvalue weighted by Gasteiger charge is -2.13. The molecule has 31 heavy (non-hydrogen) atoms. The van der Waals surface area contributed by atoms with E-state index >= 15 is 0 Å². The molecule has 2 N–H and O–H groups in total. The minimum absolute atomic E-state index is 0.0195. The van der Waals surface area contributed by atoms with Crippen LogP contribution in [0.1, 0.15) is 12.8 Å². The lowest BCUT2D eigenvalue weighted by atomic mass is 10.1. The molecule has 0 spiro atoms. The molecular weight excluding hydrogens is 444 g/mol. The highest BCUT2D eigenvalue weighted by atomic mass is 32.2. The van der Waals surface area contributed by atoms with E-state index in [2.05, 4.69) is 10.0 Å². The van der Waals surface area contributed by atoms with E-state index in [9.17, 15) is 21.6 Å². The third-order valence-corrected chi connectivity index (χ3v) is 8.18. The van der Waals surface area contributed by atoms with E-state index in [-0.39, 0.29) is 22.3 Å². The highest BCUT2D eigenvalue weighted by Crippen LogP contribution is 2.32. The molecule has 0 saturated carbocycles. The number of sulfone groups is 1. The van der Waals surface area contributed by atoms with Crippen LogP contribution in [0.25, 0.3) is 0 Å². The number of fused-ring (bicyclic) bond motifs is 1. The maximum Gasteiger partial charge on any atom is 0.262 e. The summed E-state index contributed by atoms with van der Waals surface area (Å²) in [5.41, 5.74) is 0.765. The first kappa shape index (κ1) is 21.4. The first-order valence-corrected chi connectivity index (χ1v) is 13.1. The van der Waals surface area contributed by atoms with Gasteiger partial charge in [-0.3, -0.25) is 9.52 Å². The average Bonchev–Trinajstić information content (AvgIpc) is 2.94. The zero-order valence-electron chi connectivity index (χ0n) is 16.5. The molecule has 2 heterocycles. The number of nitrogens with one attached hydrogen (secondary N) is 2. The van der Waals surface area contributed by atoms with Crippen LogP contribution in [0.5, 0.6) is 11.5 Å². The molecule has 4 rings (SSSR count). The molecule has 0 unspecified atom stereocenters. The minimum atomic E-state index is -3.86. The van der Waals surface area contributed by atoms with Crippen molar-refractivity contribution < 1.29 is 31.1 Å². The maximum absolute atomic E-state index is 12.7. The second-order valence-electron chi connectivity index (χ2n) is 7.43. The van der Waals surface area contributed by atoms with E-state index in [0.29, 0.717) is 48.9 Å². The number of benzene rings is 2. The molecule has 2 aliphatic heterocycles. The summed E-state index contributed by atoms with van der Waals surface area (Å²) in [6.07, 6.45) is 1.02. The van der Waals surface area contributed by atoms with E-state index in [1.807, 2.05) is 0 Å². The van der Waals surface area contributed by atoms with Gasteiger partial charge < -0.3 is 14.8 Å². The van der Waals surface area contributed by atoms with Gasteiger partial charge >= 0.3 is 0 Å². The first-order valence-electron chi connectivity index (χ1n) is 9.76. The fraction of sp³-hybridized carbons (Fsp3) is 0.350. The molecule has 0 bridgehead atoms. The van der Waals surface area contributed by atoms with Gasteiger partial charge in [0.05, 0.1) is 35.5 Å². The van der Waals surface area contributed by atoms with Gasteiger partial charge in [-0.15, -0.1) is 0 Å². The third kappa shape index (κ3) is 5.10. The monoisotopic (exact) mass is 466 g/mol. The number of amides is 1. The topological polar surface area (TPSA) is 128 Å². The smallest absolute Gasteiger partial charge is 0.262 e. The van der Waals surface area contributed by atoms with Crippen molar-refractivity contribution in [1.29, 1.82) is 0 Å². The Balaban J connectivity index is 1.42. The van der Waals surface area contributed by atoms with Crippen molar-refractivity contribution in [3.05, 3.63) is 42.5 Å². The summed E-state index contributed by atoms with van der Waals surface area (Å²) in [6.45, 7) is 0.959. The number of hydrogen-bond acceptors (Lipinski definition) is 7. The van der Waals surface area contributed by atoms with Crippen molar-refractivity contribution in [2.75, 3.05) is 34.8 Å². The molecule has 2 aromatic rings. The number of ether oxygens (including phenoxy) is 2. The number of carbonyl (C=O) groups excluding carboxylic acids is 1. The van der Waals surface area contributed by atoms with Crippen LogP contribution in [-0.2, 0) is 24.7 Å². The quantitative estimate of drug-likeness (QED) is 0.690. The average molecular weight is 467 g/mol. The molecular formula is C20H22N2O7S2. The van der Waals surface area contributed by atoms with E-state index in [4.69, 9.17) is 9.47 Å². The van der Waals surface area contributed by atoms with E-state index in [0.717, 1.165) is 0 Å². The van der Waals surface area contributed by atoms with Crippen LogP contribution in [0.4, 0.5) is 11.4 Å². The Kier molecular flexibility index (Phi) is 5.80. The molecule has 0 radical (unpaired) electrons. The Morgan fingerprint density at radius 3 is 2.32 bits per heavy atom. The van der Waals surface area contributed by atoms with E-state index in [1.54, 1.807) is 18.2 Å². The van der Waals surface area contributed by atoms with Crippen LogP contribution < -0.4 is 19.5 Å². The second kappa shape index (κ2) is 8.39. The zero-order valence-corrected chi connectivity index (χ0v) is 18.2. The Morgan fingerprint density at radius 2 is 1.65 bits per heavy atom. The van der Waals surface area contributed by atoms with Gasteiger partial charge in [0.15, 0.2) is 21.3 Å². The SMILES string of the molecule is O=C(Nc1ccc(NS(=O)(=O)c2ccc3c(c2)OCCCO3)cc1)[C@H]1CCS(=O)(=O)C1. The third-order valence-electron chi connectivity index (χ3n) is 5.04. The molecule has 1 fully saturated rings. The summed E-state index contributed by atoms with van der Waals surface area (Å²) in [4.78, 5) is 12.3. The van der Waals surface area contributed by atoms with Gasteiger partial charge in [0.1, 0.15) is 0 Å². The maximum atomic E-state index is 12.7. The van der Waals surface area contributed by atoms with Crippen molar-refractivity contribution in [1.82, 2.24) is 0 Å². The summed E-state index contributed by atoms with van der Waals surface area (Å²) in [5, 5.41) is 2.67. The zero-order chi connectivity index (χ0) is 22.1. The molecule has 1 saturated heterocycles. The Labute approximate surface area is 180 Å². The summed E-state index contributed by atoms with van der Waals surface area (Å²) in [5.74, 6) is -0.166. The highest BCUT2D eigenvalue weighted by Gasteiger charge is 2.32. The molecule has 9 nitrogen and oxygen atoms in total. The van der Waals surface area contributed by atoms with Gasteiger partial charge in [0.2, 0.25) is 5.91 Å². The second-order valence-corrected chi connectivity index (χ2v) is 11.3. The molecule has 166 valence electrons. The van der Waals surface area contributed by atoms with Crippen molar-refractivity contribution in [2.45, 2.75) is 17.7 Å². The van der Waals surface area contributed by atoms with Crippen LogP contribution in [0.3, 0.4) is 0 Å². The Hall–Kier alpha value is -2.79. The fourth-order valence-electron chi connectivity index (χ4n) is 3.39. The number of anilines is 2. The largest absolute Gasteiger partial charge is 0.490 e. The molecule has 1 amide bonds. The number of rotatable bonds is 5. The van der Waals surface area contributed by atoms with Gasteiger partial charge in [0, 0.05) is 23.9 Å². The normalized spacial score (nSPS) is 19.9. The first-order chi connectivity index (χ1) is 14.7. The van der Waals surface area contributed by atoms with Crippen LogP contribution >= 0.6 is 0 Å². The van der Waals surface area contributed by atoms with Crippen molar-refractivity contribution in [2.24, 2.45) is 5.92 Å². The van der Waals surface area contributed by atoms with Gasteiger partial charge in [-0.25, -0.2) is 16.8 Å². The molecule has 2 aromatic carbocycles. The van der Waals surface area contributed by atoms with Gasteiger partial charge in [-0.2, -0.15) is 0 Å². The van der Waals surface area contributed by atoms with Crippen LogP contribution in [0, 0.1) is 5.92 Å². The number of sulfonamides is 1. The predicted octanol–water partition coefficient (Wildman–Crippen LogP) is 2.02. The van der Waals surface area contributed by atoms with Gasteiger partial charge in [-0.05, 0) is 42.8 Å². The van der Waals surface area contributed by atoms with Crippen LogP contribution in [0.15, 0.2) is 47.4 Å². The molecule has 11 heteroatoms. The number of hydrogen-bond donors (Lipinski definition) is 2. The van der Waals surface area contributed by atoms with E-state index < -0.39 is 25.8 Å². The molecule has 2 aliphatic rings. The Morgan fingerprint density at radius 1 is 0.968 bits per heavy atom. The Bertz CT molecular complexity index is 1190.